The van der Waals surface area contributed by atoms with E-state index in [4.69, 9.17) is 4.42 Å². The van der Waals surface area contributed by atoms with Crippen LogP contribution in [0.5, 0.6) is 0 Å². The second-order valence-electron chi connectivity index (χ2n) is 5.21. The van der Waals surface area contributed by atoms with Crippen molar-refractivity contribution >= 4 is 11.0 Å². The fourth-order valence-corrected chi connectivity index (χ4v) is 2.46. The van der Waals surface area contributed by atoms with Crippen LogP contribution in [0.4, 0.5) is 0 Å². The Morgan fingerprint density at radius 3 is 2.88 bits per heavy atom. The number of rotatable bonds is 5. The van der Waals surface area contributed by atoms with Crippen molar-refractivity contribution in [3.05, 3.63) is 36.1 Å². The van der Waals surface area contributed by atoms with Crippen LogP contribution in [0.25, 0.3) is 11.0 Å². The van der Waals surface area contributed by atoms with E-state index in [-0.39, 0.29) is 0 Å². The van der Waals surface area contributed by atoms with Gasteiger partial charge in [-0.3, -0.25) is 0 Å². The van der Waals surface area contributed by atoms with Crippen molar-refractivity contribution in [3.63, 3.8) is 0 Å². The van der Waals surface area contributed by atoms with Crippen molar-refractivity contribution in [2.75, 3.05) is 6.54 Å². The molecule has 0 aliphatic heterocycles. The molecule has 1 saturated carbocycles. The zero-order chi connectivity index (χ0) is 11.7. The smallest absolute Gasteiger partial charge is 0.134 e. The summed E-state index contributed by atoms with van der Waals surface area (Å²) in [6, 6.07) is 8.23. The molecule has 3 rings (SSSR count). The molecule has 1 fully saturated rings. The molecule has 0 amide bonds. The first-order chi connectivity index (χ1) is 8.33. The molecule has 1 heterocycles. The molecule has 17 heavy (non-hydrogen) atoms. The SMILES string of the molecule is CCC1(CNCc2coc3ccccc23)CC1. The Morgan fingerprint density at radius 1 is 1.29 bits per heavy atom. The van der Waals surface area contributed by atoms with Gasteiger partial charge in [0.25, 0.3) is 0 Å². The van der Waals surface area contributed by atoms with Gasteiger partial charge in [-0.25, -0.2) is 0 Å². The Kier molecular flexibility index (Phi) is 2.67. The normalized spacial score (nSPS) is 17.5. The molecule has 0 atom stereocenters. The van der Waals surface area contributed by atoms with E-state index in [0.717, 1.165) is 18.7 Å². The van der Waals surface area contributed by atoms with E-state index in [1.165, 1.54) is 30.2 Å². The Morgan fingerprint density at radius 2 is 2.12 bits per heavy atom. The predicted molar refractivity (Wildman–Crippen MR) is 69.9 cm³/mol. The minimum Gasteiger partial charge on any atom is -0.464 e. The Labute approximate surface area is 102 Å². The van der Waals surface area contributed by atoms with Crippen molar-refractivity contribution in [3.8, 4) is 0 Å². The summed E-state index contributed by atoms with van der Waals surface area (Å²) in [7, 11) is 0. The van der Waals surface area contributed by atoms with E-state index >= 15 is 0 Å². The van der Waals surface area contributed by atoms with Gasteiger partial charge in [0.1, 0.15) is 5.58 Å². The van der Waals surface area contributed by atoms with Gasteiger partial charge in [0.05, 0.1) is 6.26 Å². The van der Waals surface area contributed by atoms with Crippen LogP contribution in [0.1, 0.15) is 31.7 Å². The zero-order valence-electron chi connectivity index (χ0n) is 10.3. The van der Waals surface area contributed by atoms with Gasteiger partial charge < -0.3 is 9.73 Å². The summed E-state index contributed by atoms with van der Waals surface area (Å²) < 4.78 is 5.53. The molecule has 2 heteroatoms. The van der Waals surface area contributed by atoms with Gasteiger partial charge in [0.15, 0.2) is 0 Å². The molecule has 0 unspecified atom stereocenters. The maximum absolute atomic E-state index is 5.53. The van der Waals surface area contributed by atoms with Crippen LogP contribution in [-0.2, 0) is 6.54 Å². The molecule has 2 aromatic rings. The Hall–Kier alpha value is -1.28. The Balaban J connectivity index is 1.65. The van der Waals surface area contributed by atoms with Crippen molar-refractivity contribution in [1.82, 2.24) is 5.32 Å². The molecule has 0 bridgehead atoms. The highest BCUT2D eigenvalue weighted by Crippen LogP contribution is 2.47. The topological polar surface area (TPSA) is 25.2 Å². The van der Waals surface area contributed by atoms with Crippen LogP contribution in [0.2, 0.25) is 0 Å². The second kappa shape index (κ2) is 4.19. The van der Waals surface area contributed by atoms with E-state index in [2.05, 4.69) is 24.4 Å². The molecule has 2 nitrogen and oxygen atoms in total. The summed E-state index contributed by atoms with van der Waals surface area (Å²) in [5.74, 6) is 0. The van der Waals surface area contributed by atoms with E-state index in [1.807, 2.05) is 18.4 Å². The highest BCUT2D eigenvalue weighted by molar-refractivity contribution is 5.80. The minimum atomic E-state index is 0.611. The lowest BCUT2D eigenvalue weighted by Gasteiger charge is -2.12. The molecule has 1 N–H and O–H groups in total. The van der Waals surface area contributed by atoms with Gasteiger partial charge >= 0.3 is 0 Å². The van der Waals surface area contributed by atoms with Crippen LogP contribution in [0.3, 0.4) is 0 Å². The van der Waals surface area contributed by atoms with Gasteiger partial charge in [0.2, 0.25) is 0 Å². The van der Waals surface area contributed by atoms with Gasteiger partial charge in [-0.2, -0.15) is 0 Å². The first-order valence-corrected chi connectivity index (χ1v) is 6.49. The lowest BCUT2D eigenvalue weighted by molar-refractivity contribution is 0.443. The Bertz CT molecular complexity index is 510. The third kappa shape index (κ3) is 2.09. The summed E-state index contributed by atoms with van der Waals surface area (Å²) in [4.78, 5) is 0. The van der Waals surface area contributed by atoms with Crippen molar-refractivity contribution < 1.29 is 4.42 Å². The van der Waals surface area contributed by atoms with Gasteiger partial charge in [0, 0.05) is 24.0 Å². The van der Waals surface area contributed by atoms with Crippen LogP contribution in [0.15, 0.2) is 34.9 Å². The summed E-state index contributed by atoms with van der Waals surface area (Å²) in [6.45, 7) is 4.35. The van der Waals surface area contributed by atoms with Crippen molar-refractivity contribution in [1.29, 1.82) is 0 Å². The van der Waals surface area contributed by atoms with Gasteiger partial charge in [-0.15, -0.1) is 0 Å². The van der Waals surface area contributed by atoms with E-state index in [9.17, 15) is 0 Å². The molecule has 1 aromatic heterocycles. The highest BCUT2D eigenvalue weighted by atomic mass is 16.3. The lowest BCUT2D eigenvalue weighted by atomic mass is 10.0. The third-order valence-electron chi connectivity index (χ3n) is 4.08. The van der Waals surface area contributed by atoms with Crippen LogP contribution in [-0.4, -0.2) is 6.54 Å². The van der Waals surface area contributed by atoms with Gasteiger partial charge in [-0.05, 0) is 30.7 Å². The number of fused-ring (bicyclic) bond motifs is 1. The van der Waals surface area contributed by atoms with E-state index in [1.54, 1.807) is 0 Å². The molecule has 0 saturated heterocycles. The fourth-order valence-electron chi connectivity index (χ4n) is 2.46. The maximum Gasteiger partial charge on any atom is 0.134 e. The van der Waals surface area contributed by atoms with Crippen molar-refractivity contribution in [2.45, 2.75) is 32.7 Å². The molecule has 90 valence electrons. The molecule has 1 aliphatic carbocycles. The summed E-state index contributed by atoms with van der Waals surface area (Å²) in [5, 5.41) is 4.81. The molecule has 1 aromatic carbocycles. The number of hydrogen-bond donors (Lipinski definition) is 1. The second-order valence-corrected chi connectivity index (χ2v) is 5.21. The van der Waals surface area contributed by atoms with Crippen LogP contribution >= 0.6 is 0 Å². The average Bonchev–Trinajstić information content (AvgIpc) is 3.04. The van der Waals surface area contributed by atoms with E-state index < -0.39 is 0 Å². The maximum atomic E-state index is 5.53. The molecule has 0 radical (unpaired) electrons. The summed E-state index contributed by atoms with van der Waals surface area (Å²) in [6.07, 6.45) is 5.96. The fraction of sp³-hybridized carbons (Fsp3) is 0.467. The first-order valence-electron chi connectivity index (χ1n) is 6.49. The lowest BCUT2D eigenvalue weighted by Crippen LogP contribution is -2.22. The van der Waals surface area contributed by atoms with Crippen LogP contribution in [0, 0.1) is 5.41 Å². The standard InChI is InChI=1S/C15H19NO/c1-2-15(7-8-15)11-16-9-12-10-17-14-6-4-3-5-13(12)14/h3-6,10,16H,2,7-9,11H2,1H3. The molecule has 1 aliphatic rings. The molecule has 0 spiro atoms. The number of benzene rings is 1. The molecular formula is C15H19NO. The number of hydrogen-bond acceptors (Lipinski definition) is 2. The first kappa shape index (κ1) is 10.8. The monoisotopic (exact) mass is 229 g/mol. The van der Waals surface area contributed by atoms with Crippen LogP contribution < -0.4 is 5.32 Å². The minimum absolute atomic E-state index is 0.611. The predicted octanol–water partition coefficient (Wildman–Crippen LogP) is 3.71. The average molecular weight is 229 g/mol. The highest BCUT2D eigenvalue weighted by Gasteiger charge is 2.39. The zero-order valence-corrected chi connectivity index (χ0v) is 10.3. The van der Waals surface area contributed by atoms with Gasteiger partial charge in [-0.1, -0.05) is 25.1 Å². The van der Waals surface area contributed by atoms with Crippen molar-refractivity contribution in [2.24, 2.45) is 5.41 Å². The largest absolute Gasteiger partial charge is 0.464 e. The summed E-state index contributed by atoms with van der Waals surface area (Å²) >= 11 is 0. The third-order valence-corrected chi connectivity index (χ3v) is 4.08. The number of nitrogens with one attached hydrogen (secondary N) is 1. The van der Waals surface area contributed by atoms with E-state index in [0.29, 0.717) is 5.41 Å². The number of para-hydroxylation sites is 1. The summed E-state index contributed by atoms with van der Waals surface area (Å²) in [5.41, 5.74) is 2.87. The molecular weight excluding hydrogens is 210 g/mol. The quantitative estimate of drug-likeness (QED) is 0.845. The number of furan rings is 1.